The van der Waals surface area contributed by atoms with Gasteiger partial charge in [-0.1, -0.05) is 37.1 Å². The van der Waals surface area contributed by atoms with Crippen LogP contribution in [0.3, 0.4) is 0 Å². The predicted octanol–water partition coefficient (Wildman–Crippen LogP) is 3.78. The van der Waals surface area contributed by atoms with Crippen LogP contribution in [0.15, 0.2) is 24.3 Å². The van der Waals surface area contributed by atoms with E-state index >= 15 is 0 Å². The Kier molecular flexibility index (Phi) is 6.07. The van der Waals surface area contributed by atoms with E-state index in [9.17, 15) is 4.79 Å². The maximum atomic E-state index is 12.2. The molecule has 4 heteroatoms. The van der Waals surface area contributed by atoms with Gasteiger partial charge in [0.2, 0.25) is 5.91 Å². The van der Waals surface area contributed by atoms with Gasteiger partial charge in [-0.25, -0.2) is 0 Å². The number of nitrogens with zero attached hydrogens (tertiary/aromatic N) is 1. The second-order valence-electron chi connectivity index (χ2n) is 5.87. The molecule has 1 aromatic rings. The smallest absolute Gasteiger partial charge is 0.234 e. The lowest BCUT2D eigenvalue weighted by Gasteiger charge is -2.34. The highest BCUT2D eigenvalue weighted by Gasteiger charge is 2.23. The van der Waals surface area contributed by atoms with Gasteiger partial charge in [0.1, 0.15) is 0 Å². The highest BCUT2D eigenvalue weighted by atomic mass is 35.5. The van der Waals surface area contributed by atoms with Crippen molar-refractivity contribution in [1.29, 1.82) is 0 Å². The summed E-state index contributed by atoms with van der Waals surface area (Å²) >= 11 is 5.89. The van der Waals surface area contributed by atoms with E-state index in [1.54, 1.807) is 0 Å². The number of carbonyl (C=O) groups excluding carboxylic acids is 1. The standard InChI is InChI=1S/C17H25ClN2O/c1-3-16-6-4-5-11-20(16)12-17(21)19-13(2)14-7-9-15(18)10-8-14/h7-10,13,16H,3-6,11-12H2,1-2H3,(H,19,21). The number of piperidine rings is 1. The minimum absolute atomic E-state index is 0.0135. The summed E-state index contributed by atoms with van der Waals surface area (Å²) in [5, 5.41) is 3.80. The molecule has 1 aliphatic rings. The minimum Gasteiger partial charge on any atom is -0.348 e. The quantitative estimate of drug-likeness (QED) is 0.897. The Balaban J connectivity index is 1.87. The Morgan fingerprint density at radius 2 is 2.10 bits per heavy atom. The number of likely N-dealkylation sites (tertiary alicyclic amines) is 1. The number of halogens is 1. The van der Waals surface area contributed by atoms with Gasteiger partial charge in [-0.2, -0.15) is 0 Å². The second kappa shape index (κ2) is 7.81. The van der Waals surface area contributed by atoms with Crippen LogP contribution in [0.2, 0.25) is 5.02 Å². The molecule has 0 aliphatic carbocycles. The fraction of sp³-hybridized carbons (Fsp3) is 0.588. The maximum Gasteiger partial charge on any atom is 0.234 e. The van der Waals surface area contributed by atoms with Crippen LogP contribution in [0.4, 0.5) is 0 Å². The highest BCUT2D eigenvalue weighted by Crippen LogP contribution is 2.19. The van der Waals surface area contributed by atoms with Gasteiger partial charge in [0.15, 0.2) is 0 Å². The molecule has 2 atom stereocenters. The van der Waals surface area contributed by atoms with Crippen LogP contribution < -0.4 is 5.32 Å². The lowest BCUT2D eigenvalue weighted by atomic mass is 10.00. The van der Waals surface area contributed by atoms with Crippen molar-refractivity contribution in [2.24, 2.45) is 0 Å². The topological polar surface area (TPSA) is 32.3 Å². The average molecular weight is 309 g/mol. The Hall–Kier alpha value is -1.06. The molecule has 0 saturated carbocycles. The number of nitrogens with one attached hydrogen (secondary N) is 1. The third kappa shape index (κ3) is 4.72. The summed E-state index contributed by atoms with van der Waals surface area (Å²) in [6.45, 7) is 5.77. The van der Waals surface area contributed by atoms with Gasteiger partial charge >= 0.3 is 0 Å². The molecular weight excluding hydrogens is 284 g/mol. The van der Waals surface area contributed by atoms with Gasteiger partial charge in [0, 0.05) is 11.1 Å². The van der Waals surface area contributed by atoms with Crippen LogP contribution in [-0.4, -0.2) is 29.9 Å². The zero-order valence-electron chi connectivity index (χ0n) is 12.9. The molecule has 1 heterocycles. The molecule has 1 fully saturated rings. The van der Waals surface area contributed by atoms with Gasteiger partial charge in [-0.3, -0.25) is 9.69 Å². The molecular formula is C17H25ClN2O. The third-order valence-electron chi connectivity index (χ3n) is 4.31. The number of carbonyl (C=O) groups is 1. The molecule has 1 saturated heterocycles. The van der Waals surface area contributed by atoms with Gasteiger partial charge in [0.25, 0.3) is 0 Å². The molecule has 1 aromatic carbocycles. The van der Waals surface area contributed by atoms with Crippen molar-refractivity contribution in [2.75, 3.05) is 13.1 Å². The van der Waals surface area contributed by atoms with E-state index in [0.29, 0.717) is 12.6 Å². The van der Waals surface area contributed by atoms with Gasteiger partial charge in [0.05, 0.1) is 12.6 Å². The first-order chi connectivity index (χ1) is 10.1. The first-order valence-electron chi connectivity index (χ1n) is 7.89. The van der Waals surface area contributed by atoms with E-state index in [1.807, 2.05) is 31.2 Å². The number of rotatable bonds is 5. The number of amides is 1. The minimum atomic E-state index is 0.0135. The monoisotopic (exact) mass is 308 g/mol. The van der Waals surface area contributed by atoms with Crippen molar-refractivity contribution in [3.8, 4) is 0 Å². The summed E-state index contributed by atoms with van der Waals surface area (Å²) in [5.41, 5.74) is 1.08. The highest BCUT2D eigenvalue weighted by molar-refractivity contribution is 6.30. The predicted molar refractivity (Wildman–Crippen MR) is 87.5 cm³/mol. The lowest BCUT2D eigenvalue weighted by molar-refractivity contribution is -0.123. The molecule has 0 radical (unpaired) electrons. The molecule has 116 valence electrons. The van der Waals surface area contributed by atoms with Crippen molar-refractivity contribution >= 4 is 17.5 Å². The molecule has 3 nitrogen and oxygen atoms in total. The first-order valence-corrected chi connectivity index (χ1v) is 8.26. The van der Waals surface area contributed by atoms with E-state index in [-0.39, 0.29) is 11.9 Å². The lowest BCUT2D eigenvalue weighted by Crippen LogP contribution is -2.45. The summed E-state index contributed by atoms with van der Waals surface area (Å²) in [5.74, 6) is 0.109. The molecule has 0 bridgehead atoms. The summed E-state index contributed by atoms with van der Waals surface area (Å²) in [4.78, 5) is 14.6. The Bertz CT molecular complexity index is 460. The largest absolute Gasteiger partial charge is 0.348 e. The average Bonchev–Trinajstić information content (AvgIpc) is 2.48. The number of hydrogen-bond acceptors (Lipinski definition) is 2. The van der Waals surface area contributed by atoms with Crippen LogP contribution in [-0.2, 0) is 4.79 Å². The van der Waals surface area contributed by atoms with E-state index in [1.165, 1.54) is 19.3 Å². The van der Waals surface area contributed by atoms with Crippen LogP contribution >= 0.6 is 11.6 Å². The van der Waals surface area contributed by atoms with Crippen molar-refractivity contribution in [1.82, 2.24) is 10.2 Å². The number of benzene rings is 1. The Morgan fingerprint density at radius 1 is 1.38 bits per heavy atom. The van der Waals surface area contributed by atoms with Crippen molar-refractivity contribution in [2.45, 2.75) is 51.6 Å². The molecule has 21 heavy (non-hydrogen) atoms. The fourth-order valence-corrected chi connectivity index (χ4v) is 3.16. The molecule has 1 aliphatic heterocycles. The summed E-state index contributed by atoms with van der Waals surface area (Å²) in [6, 6.07) is 8.22. The fourth-order valence-electron chi connectivity index (χ4n) is 3.04. The molecule has 0 spiro atoms. The van der Waals surface area contributed by atoms with Crippen LogP contribution in [0.5, 0.6) is 0 Å². The van der Waals surface area contributed by atoms with Crippen LogP contribution in [0.1, 0.15) is 51.1 Å². The Morgan fingerprint density at radius 3 is 2.76 bits per heavy atom. The van der Waals surface area contributed by atoms with Gasteiger partial charge < -0.3 is 5.32 Å². The van der Waals surface area contributed by atoms with Crippen LogP contribution in [0.25, 0.3) is 0 Å². The summed E-state index contributed by atoms with van der Waals surface area (Å²) < 4.78 is 0. The molecule has 2 unspecified atom stereocenters. The molecule has 0 aromatic heterocycles. The third-order valence-corrected chi connectivity index (χ3v) is 4.57. The molecule has 1 N–H and O–H groups in total. The van der Waals surface area contributed by atoms with E-state index in [4.69, 9.17) is 11.6 Å². The zero-order chi connectivity index (χ0) is 15.2. The van der Waals surface area contributed by atoms with E-state index in [0.717, 1.165) is 23.6 Å². The zero-order valence-corrected chi connectivity index (χ0v) is 13.7. The summed E-state index contributed by atoms with van der Waals surface area (Å²) in [6.07, 6.45) is 4.84. The van der Waals surface area contributed by atoms with E-state index < -0.39 is 0 Å². The van der Waals surface area contributed by atoms with Crippen molar-refractivity contribution < 1.29 is 4.79 Å². The number of hydrogen-bond donors (Lipinski definition) is 1. The SMILES string of the molecule is CCC1CCCCN1CC(=O)NC(C)c1ccc(Cl)cc1. The van der Waals surface area contributed by atoms with E-state index in [2.05, 4.69) is 17.1 Å². The normalized spacial score (nSPS) is 21.0. The maximum absolute atomic E-state index is 12.2. The Labute approximate surface area is 132 Å². The van der Waals surface area contributed by atoms with Crippen molar-refractivity contribution in [3.05, 3.63) is 34.9 Å². The molecule has 2 rings (SSSR count). The molecule has 1 amide bonds. The van der Waals surface area contributed by atoms with Gasteiger partial charge in [-0.05, 0) is 50.4 Å². The van der Waals surface area contributed by atoms with Gasteiger partial charge in [-0.15, -0.1) is 0 Å². The second-order valence-corrected chi connectivity index (χ2v) is 6.31. The first kappa shape index (κ1) is 16.3. The van der Waals surface area contributed by atoms with Crippen molar-refractivity contribution in [3.63, 3.8) is 0 Å². The summed E-state index contributed by atoms with van der Waals surface area (Å²) in [7, 11) is 0. The van der Waals surface area contributed by atoms with Crippen LogP contribution in [0, 0.1) is 0 Å².